The minimum atomic E-state index is -0.411. The van der Waals surface area contributed by atoms with Crippen molar-refractivity contribution in [2.45, 2.75) is 0 Å². The third-order valence-electron chi connectivity index (χ3n) is 2.59. The average molecular weight is 258 g/mol. The SMILES string of the molecule is COc1cccc(NC(=O)c2ccc(N)cc2O)c1. The number of amides is 1. The highest BCUT2D eigenvalue weighted by Gasteiger charge is 2.11. The standard InChI is InChI=1S/C14H14N2O3/c1-19-11-4-2-3-10(8-11)16-14(18)12-6-5-9(15)7-13(12)17/h2-8,17H,15H2,1H3,(H,16,18). The van der Waals surface area contributed by atoms with Crippen molar-refractivity contribution < 1.29 is 14.6 Å². The fraction of sp³-hybridized carbons (Fsp3) is 0.0714. The molecule has 0 radical (unpaired) electrons. The van der Waals surface area contributed by atoms with Crippen LogP contribution in [0.5, 0.6) is 11.5 Å². The van der Waals surface area contributed by atoms with E-state index in [1.54, 1.807) is 37.4 Å². The molecular formula is C14H14N2O3. The van der Waals surface area contributed by atoms with Crippen LogP contribution >= 0.6 is 0 Å². The van der Waals surface area contributed by atoms with Crippen LogP contribution in [0.4, 0.5) is 11.4 Å². The second-order valence-electron chi connectivity index (χ2n) is 3.96. The van der Waals surface area contributed by atoms with Crippen LogP contribution in [-0.2, 0) is 0 Å². The van der Waals surface area contributed by atoms with Gasteiger partial charge in [0.1, 0.15) is 11.5 Å². The second kappa shape index (κ2) is 5.30. The van der Waals surface area contributed by atoms with E-state index < -0.39 is 5.91 Å². The zero-order valence-corrected chi connectivity index (χ0v) is 10.4. The van der Waals surface area contributed by atoms with Gasteiger partial charge in [-0.1, -0.05) is 6.07 Å². The smallest absolute Gasteiger partial charge is 0.259 e. The lowest BCUT2D eigenvalue weighted by molar-refractivity contribution is 0.102. The molecule has 0 aliphatic rings. The van der Waals surface area contributed by atoms with E-state index in [2.05, 4.69) is 5.32 Å². The molecule has 5 nitrogen and oxygen atoms in total. The van der Waals surface area contributed by atoms with Crippen molar-refractivity contribution in [2.75, 3.05) is 18.2 Å². The Bertz CT molecular complexity index is 611. The molecule has 19 heavy (non-hydrogen) atoms. The van der Waals surface area contributed by atoms with Crippen LogP contribution in [0.15, 0.2) is 42.5 Å². The number of phenols is 1. The maximum absolute atomic E-state index is 12.0. The highest BCUT2D eigenvalue weighted by Crippen LogP contribution is 2.22. The molecule has 2 rings (SSSR count). The number of benzene rings is 2. The summed E-state index contributed by atoms with van der Waals surface area (Å²) in [4.78, 5) is 12.0. The summed E-state index contributed by atoms with van der Waals surface area (Å²) in [6, 6.07) is 11.3. The molecule has 0 aliphatic heterocycles. The molecule has 4 N–H and O–H groups in total. The molecule has 2 aromatic carbocycles. The Morgan fingerprint density at radius 3 is 2.74 bits per heavy atom. The summed E-state index contributed by atoms with van der Waals surface area (Å²) in [5.74, 6) is 0.0745. The fourth-order valence-corrected chi connectivity index (χ4v) is 1.64. The van der Waals surface area contributed by atoms with Crippen molar-refractivity contribution in [3.05, 3.63) is 48.0 Å². The number of hydrogen-bond acceptors (Lipinski definition) is 4. The van der Waals surface area contributed by atoms with Gasteiger partial charge in [-0.25, -0.2) is 0 Å². The van der Waals surface area contributed by atoms with Crippen LogP contribution in [0.1, 0.15) is 10.4 Å². The number of carbonyl (C=O) groups excluding carboxylic acids is 1. The zero-order chi connectivity index (χ0) is 13.8. The first-order valence-corrected chi connectivity index (χ1v) is 5.64. The summed E-state index contributed by atoms with van der Waals surface area (Å²) in [6.45, 7) is 0. The van der Waals surface area contributed by atoms with E-state index in [9.17, 15) is 9.90 Å². The van der Waals surface area contributed by atoms with Gasteiger partial charge >= 0.3 is 0 Å². The fourth-order valence-electron chi connectivity index (χ4n) is 1.64. The molecule has 0 aliphatic carbocycles. The molecule has 0 saturated heterocycles. The van der Waals surface area contributed by atoms with Crippen molar-refractivity contribution in [2.24, 2.45) is 0 Å². The van der Waals surface area contributed by atoms with Crippen molar-refractivity contribution >= 4 is 17.3 Å². The van der Waals surface area contributed by atoms with Crippen LogP contribution in [0.2, 0.25) is 0 Å². The lowest BCUT2D eigenvalue weighted by Gasteiger charge is -2.08. The van der Waals surface area contributed by atoms with Gasteiger partial charge in [0.15, 0.2) is 0 Å². The predicted molar refractivity (Wildman–Crippen MR) is 73.5 cm³/mol. The molecule has 5 heteroatoms. The van der Waals surface area contributed by atoms with Crippen molar-refractivity contribution in [3.8, 4) is 11.5 Å². The number of anilines is 2. The minimum absolute atomic E-state index is 0.152. The summed E-state index contributed by atoms with van der Waals surface area (Å²) >= 11 is 0. The summed E-state index contributed by atoms with van der Waals surface area (Å²) in [7, 11) is 1.55. The minimum Gasteiger partial charge on any atom is -0.507 e. The molecule has 0 bridgehead atoms. The molecule has 0 heterocycles. The summed E-state index contributed by atoms with van der Waals surface area (Å²) < 4.78 is 5.06. The Labute approximate surface area is 110 Å². The van der Waals surface area contributed by atoms with E-state index in [1.807, 2.05) is 0 Å². The van der Waals surface area contributed by atoms with E-state index in [4.69, 9.17) is 10.5 Å². The Balaban J connectivity index is 2.20. The molecule has 0 fully saturated rings. The Morgan fingerprint density at radius 1 is 1.26 bits per heavy atom. The van der Waals surface area contributed by atoms with Crippen molar-refractivity contribution in [1.29, 1.82) is 0 Å². The molecule has 0 aromatic heterocycles. The molecule has 0 atom stereocenters. The Kier molecular flexibility index (Phi) is 3.56. The lowest BCUT2D eigenvalue weighted by Crippen LogP contribution is -2.12. The topological polar surface area (TPSA) is 84.6 Å². The maximum Gasteiger partial charge on any atom is 0.259 e. The van der Waals surface area contributed by atoms with Gasteiger partial charge in [-0.3, -0.25) is 4.79 Å². The highest BCUT2D eigenvalue weighted by molar-refractivity contribution is 6.06. The predicted octanol–water partition coefficient (Wildman–Crippen LogP) is 2.24. The van der Waals surface area contributed by atoms with Gasteiger partial charge < -0.3 is 20.9 Å². The third kappa shape index (κ3) is 2.95. The van der Waals surface area contributed by atoms with Gasteiger partial charge in [0.2, 0.25) is 0 Å². The van der Waals surface area contributed by atoms with Gasteiger partial charge in [-0.05, 0) is 24.3 Å². The first-order valence-electron chi connectivity index (χ1n) is 5.64. The molecule has 0 saturated carbocycles. The van der Waals surface area contributed by atoms with Gasteiger partial charge in [-0.15, -0.1) is 0 Å². The number of nitrogen functional groups attached to an aromatic ring is 1. The Hall–Kier alpha value is -2.69. The van der Waals surface area contributed by atoms with Gasteiger partial charge in [0.25, 0.3) is 5.91 Å². The number of nitrogens with two attached hydrogens (primary N) is 1. The number of rotatable bonds is 3. The van der Waals surface area contributed by atoms with Crippen LogP contribution in [0, 0.1) is 0 Å². The zero-order valence-electron chi connectivity index (χ0n) is 10.4. The third-order valence-corrected chi connectivity index (χ3v) is 2.59. The molecule has 1 amide bonds. The second-order valence-corrected chi connectivity index (χ2v) is 3.96. The molecule has 2 aromatic rings. The van der Waals surface area contributed by atoms with Gasteiger partial charge in [0.05, 0.1) is 12.7 Å². The molecule has 0 unspecified atom stereocenters. The number of carbonyl (C=O) groups is 1. The number of nitrogens with one attached hydrogen (secondary N) is 1. The average Bonchev–Trinajstić information content (AvgIpc) is 2.38. The molecule has 98 valence electrons. The van der Waals surface area contributed by atoms with E-state index in [0.29, 0.717) is 17.1 Å². The number of methoxy groups -OCH3 is 1. The summed E-state index contributed by atoms with van der Waals surface area (Å²) in [5.41, 5.74) is 6.66. The van der Waals surface area contributed by atoms with Crippen molar-refractivity contribution in [1.82, 2.24) is 0 Å². The van der Waals surface area contributed by atoms with E-state index in [-0.39, 0.29) is 11.3 Å². The van der Waals surface area contributed by atoms with Gasteiger partial charge in [-0.2, -0.15) is 0 Å². The first-order chi connectivity index (χ1) is 9.10. The molecule has 0 spiro atoms. The number of aromatic hydroxyl groups is 1. The summed E-state index contributed by atoms with van der Waals surface area (Å²) in [6.07, 6.45) is 0. The van der Waals surface area contributed by atoms with Gasteiger partial charge in [0, 0.05) is 23.5 Å². The van der Waals surface area contributed by atoms with Crippen LogP contribution in [0.25, 0.3) is 0 Å². The van der Waals surface area contributed by atoms with E-state index in [0.717, 1.165) is 0 Å². The lowest BCUT2D eigenvalue weighted by atomic mass is 10.1. The first kappa shape index (κ1) is 12.8. The normalized spacial score (nSPS) is 9.95. The monoisotopic (exact) mass is 258 g/mol. The Morgan fingerprint density at radius 2 is 2.05 bits per heavy atom. The molecular weight excluding hydrogens is 244 g/mol. The van der Waals surface area contributed by atoms with Crippen LogP contribution in [-0.4, -0.2) is 18.1 Å². The largest absolute Gasteiger partial charge is 0.507 e. The number of ether oxygens (including phenoxy) is 1. The number of phenolic OH excluding ortho intramolecular Hbond substituents is 1. The van der Waals surface area contributed by atoms with E-state index in [1.165, 1.54) is 12.1 Å². The number of hydrogen-bond donors (Lipinski definition) is 3. The highest BCUT2D eigenvalue weighted by atomic mass is 16.5. The van der Waals surface area contributed by atoms with Crippen molar-refractivity contribution in [3.63, 3.8) is 0 Å². The van der Waals surface area contributed by atoms with Crippen LogP contribution < -0.4 is 15.8 Å². The van der Waals surface area contributed by atoms with E-state index >= 15 is 0 Å². The summed E-state index contributed by atoms with van der Waals surface area (Å²) in [5, 5.41) is 12.3. The quantitative estimate of drug-likeness (QED) is 0.737. The maximum atomic E-state index is 12.0. The van der Waals surface area contributed by atoms with Crippen LogP contribution in [0.3, 0.4) is 0 Å².